The highest BCUT2D eigenvalue weighted by Gasteiger charge is 2.35. The Bertz CT molecular complexity index is 852. The second kappa shape index (κ2) is 17.4. The van der Waals surface area contributed by atoms with Crippen LogP contribution in [0.5, 0.6) is 0 Å². The van der Waals surface area contributed by atoms with Gasteiger partial charge in [-0.05, 0) is 87.0 Å². The molecular formula is C25H44O7P2. The fourth-order valence-electron chi connectivity index (χ4n) is 2.79. The number of hydrogen-bond donors (Lipinski definition) is 2. The molecule has 0 spiro atoms. The van der Waals surface area contributed by atoms with Crippen molar-refractivity contribution < 1.29 is 32.3 Å². The van der Waals surface area contributed by atoms with Gasteiger partial charge >= 0.3 is 15.6 Å². The Kier molecular flexibility index (Phi) is 16.9. The van der Waals surface area contributed by atoms with Crippen LogP contribution in [0.1, 0.15) is 87.0 Å². The molecule has 0 radical (unpaired) electrons. The molecule has 0 aromatic carbocycles. The van der Waals surface area contributed by atoms with Crippen LogP contribution in [0.15, 0.2) is 58.2 Å². The average Bonchev–Trinajstić information content (AvgIpc) is 2.65. The van der Waals surface area contributed by atoms with Crippen molar-refractivity contribution in [2.24, 2.45) is 0 Å². The summed E-state index contributed by atoms with van der Waals surface area (Å²) in [5, 5.41) is 0. The Labute approximate surface area is 206 Å². The minimum Gasteiger partial charge on any atom is -0.302 e. The quantitative estimate of drug-likeness (QED) is 0.147. The number of hydrogen-bond acceptors (Lipinski definition) is 5. The van der Waals surface area contributed by atoms with Crippen LogP contribution in [-0.2, 0) is 22.5 Å². The lowest BCUT2D eigenvalue weighted by molar-refractivity contribution is 0.159. The summed E-state index contributed by atoms with van der Waals surface area (Å²) in [6.07, 6.45) is 15.3. The van der Waals surface area contributed by atoms with Crippen molar-refractivity contribution in [2.75, 3.05) is 13.2 Å². The molecule has 1 atom stereocenters. The van der Waals surface area contributed by atoms with Crippen LogP contribution in [0.2, 0.25) is 0 Å². The van der Waals surface area contributed by atoms with Gasteiger partial charge < -0.3 is 9.79 Å². The maximum absolute atomic E-state index is 12.7. The Hall–Kier alpha value is -1.04. The molecule has 2 N–H and O–H groups in total. The highest BCUT2D eigenvalue weighted by atomic mass is 31.3. The molecular weight excluding hydrogens is 474 g/mol. The van der Waals surface area contributed by atoms with Crippen molar-refractivity contribution in [1.29, 1.82) is 0 Å². The fraction of sp³-hybridized carbons (Fsp3) is 0.600. The van der Waals surface area contributed by atoms with Crippen molar-refractivity contribution in [2.45, 2.75) is 87.0 Å². The molecule has 0 aliphatic rings. The third-order valence-corrected chi connectivity index (χ3v) is 7.33. The van der Waals surface area contributed by atoms with Gasteiger partial charge in [0.25, 0.3) is 0 Å². The molecule has 0 bridgehead atoms. The molecule has 0 saturated heterocycles. The number of rotatable bonds is 17. The Balaban J connectivity index is 4.77. The van der Waals surface area contributed by atoms with Crippen molar-refractivity contribution in [3.63, 3.8) is 0 Å². The fourth-order valence-corrected chi connectivity index (χ4v) is 4.79. The number of phosphoric ester groups is 1. The van der Waals surface area contributed by atoms with E-state index in [0.717, 1.165) is 49.7 Å². The second-order valence-electron chi connectivity index (χ2n) is 8.94. The molecule has 0 aromatic rings. The molecule has 1 unspecified atom stereocenters. The van der Waals surface area contributed by atoms with Gasteiger partial charge in [-0.2, -0.15) is 4.31 Å². The molecule has 196 valence electrons. The Morgan fingerprint density at radius 3 is 1.32 bits per heavy atom. The summed E-state index contributed by atoms with van der Waals surface area (Å²) in [5.74, 6) is 0. The van der Waals surface area contributed by atoms with Crippen LogP contribution in [-0.4, -0.2) is 23.0 Å². The molecule has 0 aliphatic heterocycles. The SMILES string of the molecule is CC(C)=CCCC(C)=CCCC(C)=CCOP(=O)(OC/C=C(\C)CCC=C(C)C)OP(=O)(O)O. The van der Waals surface area contributed by atoms with E-state index in [-0.39, 0.29) is 13.2 Å². The van der Waals surface area contributed by atoms with E-state index in [1.54, 1.807) is 12.2 Å². The van der Waals surface area contributed by atoms with Gasteiger partial charge in [-0.15, -0.1) is 0 Å². The first-order chi connectivity index (χ1) is 15.7. The van der Waals surface area contributed by atoms with Gasteiger partial charge in [0.2, 0.25) is 0 Å². The summed E-state index contributed by atoms with van der Waals surface area (Å²) in [5.41, 5.74) is 5.89. The topological polar surface area (TPSA) is 102 Å². The molecule has 9 heteroatoms. The summed E-state index contributed by atoms with van der Waals surface area (Å²) in [4.78, 5) is 18.2. The zero-order valence-electron chi connectivity index (χ0n) is 21.9. The monoisotopic (exact) mass is 518 g/mol. The van der Waals surface area contributed by atoms with Gasteiger partial charge in [0.1, 0.15) is 0 Å². The molecule has 34 heavy (non-hydrogen) atoms. The van der Waals surface area contributed by atoms with Crippen LogP contribution in [0.3, 0.4) is 0 Å². The molecule has 0 aliphatic carbocycles. The first-order valence-electron chi connectivity index (χ1n) is 11.6. The molecule has 0 rings (SSSR count). The zero-order chi connectivity index (χ0) is 26.2. The highest BCUT2D eigenvalue weighted by Crippen LogP contribution is 2.61. The van der Waals surface area contributed by atoms with Gasteiger partial charge in [-0.25, -0.2) is 9.13 Å². The first kappa shape index (κ1) is 33.0. The van der Waals surface area contributed by atoms with Crippen molar-refractivity contribution >= 4 is 15.6 Å². The number of allylic oxidation sites excluding steroid dienone is 8. The van der Waals surface area contributed by atoms with Gasteiger partial charge in [0.05, 0.1) is 13.2 Å². The van der Waals surface area contributed by atoms with Crippen LogP contribution in [0.4, 0.5) is 0 Å². The van der Waals surface area contributed by atoms with Crippen molar-refractivity contribution in [3.05, 3.63) is 58.2 Å². The van der Waals surface area contributed by atoms with E-state index in [1.807, 2.05) is 27.7 Å². The van der Waals surface area contributed by atoms with E-state index in [4.69, 9.17) is 18.8 Å². The third-order valence-electron chi connectivity index (χ3n) is 4.75. The van der Waals surface area contributed by atoms with E-state index < -0.39 is 15.6 Å². The van der Waals surface area contributed by atoms with E-state index in [1.165, 1.54) is 16.7 Å². The van der Waals surface area contributed by atoms with E-state index in [9.17, 15) is 9.13 Å². The number of phosphoric acid groups is 2. The molecule has 0 aromatic heterocycles. The van der Waals surface area contributed by atoms with Gasteiger partial charge in [0.15, 0.2) is 0 Å². The summed E-state index contributed by atoms with van der Waals surface area (Å²) in [6, 6.07) is 0. The van der Waals surface area contributed by atoms with Gasteiger partial charge in [-0.3, -0.25) is 9.05 Å². The van der Waals surface area contributed by atoms with Crippen LogP contribution >= 0.6 is 15.6 Å². The summed E-state index contributed by atoms with van der Waals surface area (Å²) >= 11 is 0. The van der Waals surface area contributed by atoms with E-state index >= 15 is 0 Å². The first-order valence-corrected chi connectivity index (χ1v) is 14.6. The second-order valence-corrected chi connectivity index (χ2v) is 12.0. The maximum atomic E-state index is 12.7. The van der Waals surface area contributed by atoms with Crippen LogP contribution in [0.25, 0.3) is 0 Å². The normalized spacial score (nSPS) is 15.1. The van der Waals surface area contributed by atoms with Crippen LogP contribution < -0.4 is 0 Å². The Morgan fingerprint density at radius 2 is 0.971 bits per heavy atom. The molecule has 0 amide bonds. The predicted octanol–water partition coefficient (Wildman–Crippen LogP) is 8.35. The van der Waals surface area contributed by atoms with Crippen molar-refractivity contribution in [1.82, 2.24) is 0 Å². The smallest absolute Gasteiger partial charge is 0.302 e. The molecule has 0 heterocycles. The van der Waals surface area contributed by atoms with Crippen LogP contribution in [0, 0.1) is 0 Å². The lowest BCUT2D eigenvalue weighted by Gasteiger charge is -2.17. The maximum Gasteiger partial charge on any atom is 0.484 e. The zero-order valence-corrected chi connectivity index (χ0v) is 23.7. The van der Waals surface area contributed by atoms with E-state index in [2.05, 4.69) is 43.3 Å². The summed E-state index contributed by atoms with van der Waals surface area (Å²) < 4.78 is 38.6. The predicted molar refractivity (Wildman–Crippen MR) is 140 cm³/mol. The largest absolute Gasteiger partial charge is 0.484 e. The molecule has 7 nitrogen and oxygen atoms in total. The third kappa shape index (κ3) is 20.3. The lowest BCUT2D eigenvalue weighted by Crippen LogP contribution is -2.01. The minimum atomic E-state index is -5.06. The minimum absolute atomic E-state index is 0.141. The van der Waals surface area contributed by atoms with Gasteiger partial charge in [0, 0.05) is 0 Å². The van der Waals surface area contributed by atoms with Gasteiger partial charge in [-0.1, -0.05) is 58.2 Å². The summed E-state index contributed by atoms with van der Waals surface area (Å²) in [7, 11) is -9.50. The molecule has 0 saturated carbocycles. The summed E-state index contributed by atoms with van der Waals surface area (Å²) in [6.45, 7) is 13.9. The highest BCUT2D eigenvalue weighted by molar-refractivity contribution is 7.61. The standard InChI is InChI=1S/C25H44O7P2/c1-21(2)11-8-13-23(5)15-10-16-25(7)18-20-31-34(29,32-33(26,27)28)30-19-17-24(6)14-9-12-22(3)4/h11-12,15,17-18H,8-10,13-14,16,19-20H2,1-7H3,(H2,26,27,28)/b23-15?,24-17+,25-18?. The lowest BCUT2D eigenvalue weighted by atomic mass is 10.1. The van der Waals surface area contributed by atoms with E-state index in [0.29, 0.717) is 0 Å². The molecule has 0 fully saturated rings. The average molecular weight is 519 g/mol. The Morgan fingerprint density at radius 1 is 0.618 bits per heavy atom. The van der Waals surface area contributed by atoms with Crippen molar-refractivity contribution in [3.8, 4) is 0 Å².